The SMILES string of the molecule is CCC(N)C(Oc1cccc(C)c1C)c1ccc(Cl)cc1. The lowest BCUT2D eigenvalue weighted by molar-refractivity contribution is 0.170. The Hall–Kier alpha value is -1.51. The van der Waals surface area contributed by atoms with Crippen LogP contribution >= 0.6 is 11.6 Å². The standard InChI is InChI=1S/C18H22ClNO/c1-4-16(20)18(14-8-10-15(19)11-9-14)21-17-7-5-6-12(2)13(17)3/h5-11,16,18H,4,20H2,1-3H3. The quantitative estimate of drug-likeness (QED) is 0.860. The first-order valence-corrected chi connectivity index (χ1v) is 7.64. The van der Waals surface area contributed by atoms with E-state index in [-0.39, 0.29) is 12.1 Å². The van der Waals surface area contributed by atoms with Crippen molar-refractivity contribution in [1.82, 2.24) is 0 Å². The predicted octanol–water partition coefficient (Wildman–Crippen LogP) is 4.81. The third-order valence-corrected chi connectivity index (χ3v) is 4.12. The van der Waals surface area contributed by atoms with Gasteiger partial charge in [-0.1, -0.05) is 42.8 Å². The smallest absolute Gasteiger partial charge is 0.139 e. The maximum Gasteiger partial charge on any atom is 0.139 e. The van der Waals surface area contributed by atoms with Gasteiger partial charge in [0.1, 0.15) is 11.9 Å². The fraction of sp³-hybridized carbons (Fsp3) is 0.333. The molecule has 2 aromatic rings. The first-order chi connectivity index (χ1) is 10.0. The molecule has 0 aliphatic heterocycles. The number of hydrogen-bond acceptors (Lipinski definition) is 2. The molecule has 2 N–H and O–H groups in total. The summed E-state index contributed by atoms with van der Waals surface area (Å²) in [5.41, 5.74) is 9.68. The highest BCUT2D eigenvalue weighted by Crippen LogP contribution is 2.29. The van der Waals surface area contributed by atoms with Crippen molar-refractivity contribution in [2.45, 2.75) is 39.3 Å². The molecule has 0 saturated carbocycles. The molecule has 2 aromatic carbocycles. The molecule has 0 aromatic heterocycles. The van der Waals surface area contributed by atoms with Crippen LogP contribution in [0.4, 0.5) is 0 Å². The fourth-order valence-electron chi connectivity index (χ4n) is 2.26. The monoisotopic (exact) mass is 303 g/mol. The maximum atomic E-state index is 6.27. The van der Waals surface area contributed by atoms with Gasteiger partial charge in [-0.15, -0.1) is 0 Å². The minimum atomic E-state index is -0.173. The van der Waals surface area contributed by atoms with Crippen LogP contribution in [-0.4, -0.2) is 6.04 Å². The van der Waals surface area contributed by atoms with E-state index < -0.39 is 0 Å². The molecule has 2 atom stereocenters. The van der Waals surface area contributed by atoms with Crippen LogP contribution in [0.3, 0.4) is 0 Å². The number of aryl methyl sites for hydroxylation is 1. The topological polar surface area (TPSA) is 35.2 Å². The van der Waals surface area contributed by atoms with Crippen molar-refractivity contribution in [2.24, 2.45) is 5.73 Å². The van der Waals surface area contributed by atoms with Gasteiger partial charge in [0.05, 0.1) is 0 Å². The van der Waals surface area contributed by atoms with Crippen molar-refractivity contribution < 1.29 is 4.74 Å². The number of benzene rings is 2. The zero-order valence-corrected chi connectivity index (χ0v) is 13.5. The molecule has 0 aliphatic rings. The molecule has 0 saturated heterocycles. The van der Waals surface area contributed by atoms with Crippen LogP contribution in [0.1, 0.15) is 36.1 Å². The molecular weight excluding hydrogens is 282 g/mol. The lowest BCUT2D eigenvalue weighted by atomic mass is 10.0. The van der Waals surface area contributed by atoms with Gasteiger partial charge in [0.25, 0.3) is 0 Å². The molecule has 0 amide bonds. The van der Waals surface area contributed by atoms with Crippen molar-refractivity contribution in [3.63, 3.8) is 0 Å². The molecule has 2 nitrogen and oxygen atoms in total. The predicted molar refractivity (Wildman–Crippen MR) is 89.0 cm³/mol. The van der Waals surface area contributed by atoms with E-state index in [4.69, 9.17) is 22.1 Å². The molecule has 0 radical (unpaired) electrons. The van der Waals surface area contributed by atoms with E-state index in [0.717, 1.165) is 23.3 Å². The normalized spacial score (nSPS) is 13.8. The first-order valence-electron chi connectivity index (χ1n) is 7.26. The third-order valence-electron chi connectivity index (χ3n) is 3.87. The number of halogens is 1. The van der Waals surface area contributed by atoms with Gasteiger partial charge >= 0.3 is 0 Å². The Bertz CT molecular complexity index is 595. The summed E-state index contributed by atoms with van der Waals surface area (Å²) in [6.07, 6.45) is 0.672. The van der Waals surface area contributed by atoms with Gasteiger partial charge in [-0.2, -0.15) is 0 Å². The summed E-state index contributed by atoms with van der Waals surface area (Å²) in [6, 6.07) is 13.7. The third kappa shape index (κ3) is 3.78. The van der Waals surface area contributed by atoms with Crippen LogP contribution in [0, 0.1) is 13.8 Å². The highest BCUT2D eigenvalue weighted by molar-refractivity contribution is 6.30. The van der Waals surface area contributed by atoms with E-state index >= 15 is 0 Å². The summed E-state index contributed by atoms with van der Waals surface area (Å²) in [7, 11) is 0. The highest BCUT2D eigenvalue weighted by atomic mass is 35.5. The Kier molecular flexibility index (Phi) is 5.27. The number of ether oxygens (including phenoxy) is 1. The second-order valence-corrected chi connectivity index (χ2v) is 5.80. The molecule has 0 spiro atoms. The van der Waals surface area contributed by atoms with E-state index in [2.05, 4.69) is 26.8 Å². The summed E-state index contributed by atoms with van der Waals surface area (Å²) in [6.45, 7) is 6.22. The maximum absolute atomic E-state index is 6.27. The van der Waals surface area contributed by atoms with Crippen LogP contribution in [-0.2, 0) is 0 Å². The Morgan fingerprint density at radius 3 is 2.38 bits per heavy atom. The van der Waals surface area contributed by atoms with Crippen LogP contribution in [0.15, 0.2) is 42.5 Å². The Morgan fingerprint density at radius 2 is 1.76 bits per heavy atom. The van der Waals surface area contributed by atoms with E-state index in [1.807, 2.05) is 36.4 Å². The molecule has 2 unspecified atom stereocenters. The lowest BCUT2D eigenvalue weighted by Crippen LogP contribution is -2.31. The second kappa shape index (κ2) is 6.97. The second-order valence-electron chi connectivity index (χ2n) is 5.36. The molecule has 21 heavy (non-hydrogen) atoms. The van der Waals surface area contributed by atoms with Crippen molar-refractivity contribution in [1.29, 1.82) is 0 Å². The van der Waals surface area contributed by atoms with E-state index in [9.17, 15) is 0 Å². The van der Waals surface area contributed by atoms with Gasteiger partial charge in [-0.25, -0.2) is 0 Å². The Morgan fingerprint density at radius 1 is 1.10 bits per heavy atom. The molecule has 0 bridgehead atoms. The van der Waals surface area contributed by atoms with Crippen LogP contribution < -0.4 is 10.5 Å². The average Bonchev–Trinajstić information content (AvgIpc) is 2.49. The van der Waals surface area contributed by atoms with E-state index in [0.29, 0.717) is 5.02 Å². The minimum Gasteiger partial charge on any atom is -0.484 e. The minimum absolute atomic E-state index is 0.0638. The largest absolute Gasteiger partial charge is 0.484 e. The fourth-order valence-corrected chi connectivity index (χ4v) is 2.38. The Balaban J connectivity index is 2.33. The molecule has 0 heterocycles. The van der Waals surface area contributed by atoms with Gasteiger partial charge in [-0.3, -0.25) is 0 Å². The molecule has 112 valence electrons. The summed E-state index contributed by atoms with van der Waals surface area (Å²) in [5.74, 6) is 0.888. The van der Waals surface area contributed by atoms with Crippen molar-refractivity contribution in [3.05, 3.63) is 64.2 Å². The van der Waals surface area contributed by atoms with E-state index in [1.54, 1.807) is 0 Å². The van der Waals surface area contributed by atoms with Crippen LogP contribution in [0.2, 0.25) is 5.02 Å². The van der Waals surface area contributed by atoms with Gasteiger partial charge in [-0.05, 0) is 55.2 Å². The van der Waals surface area contributed by atoms with E-state index in [1.165, 1.54) is 5.56 Å². The number of nitrogens with two attached hydrogens (primary N) is 1. The number of rotatable bonds is 5. The van der Waals surface area contributed by atoms with Crippen molar-refractivity contribution >= 4 is 11.6 Å². The zero-order chi connectivity index (χ0) is 15.4. The lowest BCUT2D eigenvalue weighted by Gasteiger charge is -2.26. The average molecular weight is 304 g/mol. The number of hydrogen-bond donors (Lipinski definition) is 1. The molecule has 0 fully saturated rings. The molecule has 3 heteroatoms. The Labute approximate surface area is 131 Å². The van der Waals surface area contributed by atoms with Gasteiger partial charge in [0.15, 0.2) is 0 Å². The molecule has 2 rings (SSSR count). The first kappa shape index (κ1) is 15.9. The van der Waals surface area contributed by atoms with Gasteiger partial charge < -0.3 is 10.5 Å². The summed E-state index contributed by atoms with van der Waals surface area (Å²) >= 11 is 5.96. The van der Waals surface area contributed by atoms with Crippen molar-refractivity contribution in [2.75, 3.05) is 0 Å². The summed E-state index contributed by atoms with van der Waals surface area (Å²) in [5, 5.41) is 0.717. The summed E-state index contributed by atoms with van der Waals surface area (Å²) < 4.78 is 6.24. The summed E-state index contributed by atoms with van der Waals surface area (Å²) in [4.78, 5) is 0. The highest BCUT2D eigenvalue weighted by Gasteiger charge is 2.21. The van der Waals surface area contributed by atoms with Gasteiger partial charge in [0, 0.05) is 11.1 Å². The zero-order valence-electron chi connectivity index (χ0n) is 12.8. The molecular formula is C18H22ClNO. The van der Waals surface area contributed by atoms with Crippen LogP contribution in [0.25, 0.3) is 0 Å². The van der Waals surface area contributed by atoms with Crippen molar-refractivity contribution in [3.8, 4) is 5.75 Å². The van der Waals surface area contributed by atoms with Crippen LogP contribution in [0.5, 0.6) is 5.75 Å². The van der Waals surface area contributed by atoms with Gasteiger partial charge in [0.2, 0.25) is 0 Å². The molecule has 0 aliphatic carbocycles.